The van der Waals surface area contributed by atoms with E-state index in [1.165, 1.54) is 23.2 Å². The van der Waals surface area contributed by atoms with Crippen molar-refractivity contribution in [3.8, 4) is 0 Å². The zero-order valence-corrected chi connectivity index (χ0v) is 17.1. The van der Waals surface area contributed by atoms with Gasteiger partial charge < -0.3 is 15.6 Å². The number of nitrogens with one attached hydrogen (secondary N) is 1. The normalized spacial score (nSPS) is 22.7. The molecule has 2 fully saturated rings. The van der Waals surface area contributed by atoms with Crippen LogP contribution in [0.4, 0.5) is 0 Å². The Morgan fingerprint density at radius 1 is 1.31 bits per heavy atom. The Kier molecular flexibility index (Phi) is 5.39. The third-order valence-corrected chi connectivity index (χ3v) is 7.59. The van der Waals surface area contributed by atoms with Crippen LogP contribution in [-0.2, 0) is 24.4 Å². The van der Waals surface area contributed by atoms with Gasteiger partial charge in [0, 0.05) is 24.6 Å². The molecule has 10 nitrogen and oxygen atoms in total. The minimum atomic E-state index is -4.18. The first-order valence-corrected chi connectivity index (χ1v) is 10.7. The third kappa shape index (κ3) is 3.71. The second-order valence-electron chi connectivity index (χ2n) is 8.02. The van der Waals surface area contributed by atoms with Crippen LogP contribution < -0.4 is 11.3 Å². The molecule has 2 amide bonds. The molecule has 3 heterocycles. The Morgan fingerprint density at radius 2 is 2.00 bits per heavy atom. The molecule has 0 bridgehead atoms. The molecule has 2 aliphatic heterocycles. The molecule has 1 aromatic rings. The zero-order valence-electron chi connectivity index (χ0n) is 16.3. The predicted molar refractivity (Wildman–Crippen MR) is 102 cm³/mol. The summed E-state index contributed by atoms with van der Waals surface area (Å²) in [7, 11) is -4.18. The van der Waals surface area contributed by atoms with Gasteiger partial charge in [0.25, 0.3) is 5.56 Å². The van der Waals surface area contributed by atoms with Crippen LogP contribution in [0.1, 0.15) is 33.1 Å². The molecule has 2 unspecified atom stereocenters. The van der Waals surface area contributed by atoms with Gasteiger partial charge in [0.05, 0.1) is 12.6 Å². The molecule has 3 N–H and O–H groups in total. The molecule has 2 aliphatic rings. The summed E-state index contributed by atoms with van der Waals surface area (Å²) in [5.41, 5.74) is 3.71. The van der Waals surface area contributed by atoms with E-state index in [1.54, 1.807) is 13.8 Å². The quantitative estimate of drug-likeness (QED) is 0.611. The number of pyridine rings is 1. The van der Waals surface area contributed by atoms with Crippen molar-refractivity contribution < 1.29 is 22.8 Å². The average Bonchev–Trinajstić information content (AvgIpc) is 3.21. The molecule has 0 aliphatic carbocycles. The maximum absolute atomic E-state index is 13.0. The lowest BCUT2D eigenvalue weighted by atomic mass is 9.87. The smallest absolute Gasteiger partial charge is 0.268 e. The molecule has 1 aromatic heterocycles. The van der Waals surface area contributed by atoms with Crippen LogP contribution in [0.2, 0.25) is 0 Å². The van der Waals surface area contributed by atoms with Crippen LogP contribution in [-0.4, -0.2) is 65.4 Å². The van der Waals surface area contributed by atoms with Gasteiger partial charge in [0.1, 0.15) is 10.9 Å². The van der Waals surface area contributed by atoms with Crippen molar-refractivity contribution in [2.75, 3.05) is 13.1 Å². The molecule has 2 atom stereocenters. The largest absolute Gasteiger partial charge is 0.369 e. The first kappa shape index (κ1) is 21.2. The summed E-state index contributed by atoms with van der Waals surface area (Å²) in [6.07, 6.45) is 1.87. The maximum atomic E-state index is 13.0. The summed E-state index contributed by atoms with van der Waals surface area (Å²) in [5.74, 6) is -1.23. The van der Waals surface area contributed by atoms with Gasteiger partial charge in [0.15, 0.2) is 5.78 Å². The van der Waals surface area contributed by atoms with E-state index in [0.29, 0.717) is 6.42 Å². The number of hydrogen-bond donors (Lipinski definition) is 2. The summed E-state index contributed by atoms with van der Waals surface area (Å²) in [4.78, 5) is 51.9. The fraction of sp³-hybridized carbons (Fsp3) is 0.556. The fourth-order valence-electron chi connectivity index (χ4n) is 3.80. The van der Waals surface area contributed by atoms with Crippen LogP contribution >= 0.6 is 0 Å². The molecule has 0 aromatic carbocycles. The molecule has 0 spiro atoms. The van der Waals surface area contributed by atoms with E-state index >= 15 is 0 Å². The topological polar surface area (TPSA) is 151 Å². The van der Waals surface area contributed by atoms with Crippen molar-refractivity contribution in [2.45, 2.75) is 50.1 Å². The Labute approximate surface area is 168 Å². The maximum Gasteiger partial charge on any atom is 0.268 e. The number of carbonyl (C=O) groups excluding carboxylic acids is 3. The number of nitrogens with two attached hydrogens (primary N) is 1. The number of aromatic amines is 1. The number of primary amides is 1. The SMILES string of the molecule is CC(C)(CCC(=O)N1CCC2C1C(=O)CN2S(=O)(=O)c1ccc[nH]c1=O)C(N)=O. The van der Waals surface area contributed by atoms with Crippen LogP contribution in [0, 0.1) is 5.41 Å². The minimum Gasteiger partial charge on any atom is -0.369 e. The summed E-state index contributed by atoms with van der Waals surface area (Å²) < 4.78 is 26.9. The minimum absolute atomic E-state index is 0.0253. The van der Waals surface area contributed by atoms with Crippen LogP contribution in [0.5, 0.6) is 0 Å². The summed E-state index contributed by atoms with van der Waals surface area (Å²) >= 11 is 0. The molecule has 11 heteroatoms. The third-order valence-electron chi connectivity index (χ3n) is 5.70. The highest BCUT2D eigenvalue weighted by atomic mass is 32.2. The second-order valence-corrected chi connectivity index (χ2v) is 9.88. The second kappa shape index (κ2) is 7.38. The van der Waals surface area contributed by atoms with Gasteiger partial charge in [-0.05, 0) is 25.0 Å². The number of fused-ring (bicyclic) bond motifs is 1. The van der Waals surface area contributed by atoms with Gasteiger partial charge in [-0.15, -0.1) is 0 Å². The van der Waals surface area contributed by atoms with E-state index in [2.05, 4.69) is 4.98 Å². The molecule has 3 rings (SSSR count). The van der Waals surface area contributed by atoms with Gasteiger partial charge in [-0.2, -0.15) is 4.31 Å². The number of H-pyrrole nitrogens is 1. The van der Waals surface area contributed by atoms with Crippen LogP contribution in [0.15, 0.2) is 28.0 Å². The molecular formula is C18H24N4O6S. The summed E-state index contributed by atoms with van der Waals surface area (Å²) in [6, 6.07) is 1.00. The van der Waals surface area contributed by atoms with E-state index in [0.717, 1.165) is 4.31 Å². The highest BCUT2D eigenvalue weighted by Gasteiger charge is 2.54. The van der Waals surface area contributed by atoms with Crippen molar-refractivity contribution in [1.29, 1.82) is 0 Å². The van der Waals surface area contributed by atoms with Gasteiger partial charge in [-0.3, -0.25) is 19.2 Å². The standard InChI is InChI=1S/C18H24N4O6S/c1-18(2,17(19)26)7-5-14(24)21-9-6-11-15(21)12(23)10-22(11)29(27,28)13-4-3-8-20-16(13)25/h3-4,8,11,15H,5-7,9-10H2,1-2H3,(H2,19,26)(H,20,25). The van der Waals surface area contributed by atoms with Crippen LogP contribution in [0.3, 0.4) is 0 Å². The Balaban J connectivity index is 1.79. The number of ketones is 1. The Bertz CT molecular complexity index is 1020. The van der Waals surface area contributed by atoms with Crippen molar-refractivity contribution in [2.24, 2.45) is 11.1 Å². The van der Waals surface area contributed by atoms with Crippen molar-refractivity contribution in [1.82, 2.24) is 14.2 Å². The van der Waals surface area contributed by atoms with E-state index in [-0.39, 0.29) is 37.6 Å². The summed E-state index contributed by atoms with van der Waals surface area (Å²) in [6.45, 7) is 3.13. The van der Waals surface area contributed by atoms with Gasteiger partial charge in [-0.25, -0.2) is 8.42 Å². The van der Waals surface area contributed by atoms with Gasteiger partial charge >= 0.3 is 0 Å². The highest BCUT2D eigenvalue weighted by Crippen LogP contribution is 2.34. The number of sulfonamides is 1. The monoisotopic (exact) mass is 424 g/mol. The van der Waals surface area contributed by atoms with E-state index in [4.69, 9.17) is 5.73 Å². The molecule has 29 heavy (non-hydrogen) atoms. The lowest BCUT2D eigenvalue weighted by molar-refractivity contribution is -0.137. The fourth-order valence-corrected chi connectivity index (χ4v) is 5.47. The first-order chi connectivity index (χ1) is 13.5. The number of hydrogen-bond acceptors (Lipinski definition) is 6. The lowest BCUT2D eigenvalue weighted by Crippen LogP contribution is -2.44. The highest BCUT2D eigenvalue weighted by molar-refractivity contribution is 7.89. The van der Waals surface area contributed by atoms with Crippen molar-refractivity contribution in [3.05, 3.63) is 28.7 Å². The van der Waals surface area contributed by atoms with Crippen molar-refractivity contribution >= 4 is 27.6 Å². The van der Waals surface area contributed by atoms with Crippen molar-refractivity contribution in [3.63, 3.8) is 0 Å². The Morgan fingerprint density at radius 3 is 2.62 bits per heavy atom. The number of nitrogens with zero attached hydrogens (tertiary/aromatic N) is 2. The van der Waals surface area contributed by atoms with Gasteiger partial charge in [0.2, 0.25) is 21.8 Å². The first-order valence-electron chi connectivity index (χ1n) is 9.28. The van der Waals surface area contributed by atoms with E-state index in [1.807, 2.05) is 0 Å². The number of Topliss-reactive ketones (excluding diaryl/α,β-unsaturated/α-hetero) is 1. The number of rotatable bonds is 6. The molecule has 0 radical (unpaired) electrons. The van der Waals surface area contributed by atoms with Gasteiger partial charge in [-0.1, -0.05) is 13.8 Å². The summed E-state index contributed by atoms with van der Waals surface area (Å²) in [5, 5.41) is 0. The zero-order chi connectivity index (χ0) is 21.6. The molecule has 158 valence electrons. The lowest BCUT2D eigenvalue weighted by Gasteiger charge is -2.26. The van der Waals surface area contributed by atoms with E-state index < -0.39 is 43.9 Å². The average molecular weight is 424 g/mol. The number of amides is 2. The number of carbonyl (C=O) groups is 3. The number of likely N-dealkylation sites (tertiary alicyclic amines) is 1. The predicted octanol–water partition coefficient (Wildman–Crippen LogP) is -0.790. The molecule has 2 saturated heterocycles. The molecular weight excluding hydrogens is 400 g/mol. The Hall–Kier alpha value is -2.53. The van der Waals surface area contributed by atoms with E-state index in [9.17, 15) is 27.6 Å². The van der Waals surface area contributed by atoms with Crippen LogP contribution in [0.25, 0.3) is 0 Å². The molecule has 0 saturated carbocycles. The number of aromatic nitrogens is 1.